The van der Waals surface area contributed by atoms with E-state index in [1.807, 2.05) is 25.1 Å². The summed E-state index contributed by atoms with van der Waals surface area (Å²) < 4.78 is 0. The fourth-order valence-corrected chi connectivity index (χ4v) is 2.30. The smallest absolute Gasteiger partial charge is 0.0810 e. The number of aliphatic hydroxyl groups is 1. The summed E-state index contributed by atoms with van der Waals surface area (Å²) in [5.41, 5.74) is 3.38. The molecule has 1 aromatic rings. The molecule has 1 aliphatic rings. The topological polar surface area (TPSA) is 23.5 Å². The number of nitrogens with zero attached hydrogens (tertiary/aromatic N) is 1. The van der Waals surface area contributed by atoms with Crippen LogP contribution < -0.4 is 4.90 Å². The summed E-state index contributed by atoms with van der Waals surface area (Å²) >= 11 is 0. The van der Waals surface area contributed by atoms with Crippen molar-refractivity contribution in [1.29, 1.82) is 0 Å². The first kappa shape index (κ1) is 11.2. The van der Waals surface area contributed by atoms with Crippen molar-refractivity contribution in [3.05, 3.63) is 42.0 Å². The van der Waals surface area contributed by atoms with Crippen LogP contribution >= 0.6 is 0 Å². The highest BCUT2D eigenvalue weighted by atomic mass is 16.3. The van der Waals surface area contributed by atoms with Gasteiger partial charge < -0.3 is 10.0 Å². The summed E-state index contributed by atoms with van der Waals surface area (Å²) in [6.45, 7) is 7.89. The van der Waals surface area contributed by atoms with Crippen molar-refractivity contribution in [1.82, 2.24) is 0 Å². The molecule has 86 valence electrons. The van der Waals surface area contributed by atoms with E-state index >= 15 is 0 Å². The van der Waals surface area contributed by atoms with Gasteiger partial charge in [-0.25, -0.2) is 0 Å². The number of hydrogen-bond donors (Lipinski definition) is 1. The molecule has 2 heteroatoms. The van der Waals surface area contributed by atoms with Crippen LogP contribution in [0.4, 0.5) is 5.69 Å². The summed E-state index contributed by atoms with van der Waals surface area (Å²) in [5.74, 6) is 0. The van der Waals surface area contributed by atoms with E-state index in [0.717, 1.165) is 42.8 Å². The molecular formula is C14H19NO. The quantitative estimate of drug-likeness (QED) is 0.770. The van der Waals surface area contributed by atoms with Gasteiger partial charge in [-0.1, -0.05) is 30.4 Å². The van der Waals surface area contributed by atoms with Gasteiger partial charge in [-0.05, 0) is 25.8 Å². The number of anilines is 1. The fourth-order valence-electron chi connectivity index (χ4n) is 2.30. The van der Waals surface area contributed by atoms with Gasteiger partial charge in [-0.3, -0.25) is 0 Å². The summed E-state index contributed by atoms with van der Waals surface area (Å²) in [6.07, 6.45) is 1.57. The number of para-hydroxylation sites is 1. The normalized spacial score (nSPS) is 20.1. The van der Waals surface area contributed by atoms with Gasteiger partial charge in [0.25, 0.3) is 0 Å². The molecule has 0 saturated carbocycles. The number of aliphatic hydroxyl groups excluding tert-OH is 1. The maximum Gasteiger partial charge on any atom is 0.0810 e. The van der Waals surface area contributed by atoms with Crippen LogP contribution in [0.15, 0.2) is 36.4 Å². The molecule has 0 spiro atoms. The maximum atomic E-state index is 10.0. The van der Waals surface area contributed by atoms with Crippen LogP contribution in [0.3, 0.4) is 0 Å². The lowest BCUT2D eigenvalue weighted by Gasteiger charge is -2.25. The number of benzene rings is 1. The minimum atomic E-state index is -0.314. The molecule has 0 aromatic heterocycles. The Balaban J connectivity index is 2.34. The minimum Gasteiger partial charge on any atom is -0.388 e. The van der Waals surface area contributed by atoms with E-state index in [1.54, 1.807) is 0 Å². The Morgan fingerprint density at radius 1 is 1.50 bits per heavy atom. The molecule has 0 saturated heterocycles. The highest BCUT2D eigenvalue weighted by molar-refractivity contribution is 5.56. The predicted octanol–water partition coefficient (Wildman–Crippen LogP) is 2.90. The van der Waals surface area contributed by atoms with Crippen molar-refractivity contribution in [3.63, 3.8) is 0 Å². The van der Waals surface area contributed by atoms with Crippen LogP contribution in [0, 0.1) is 0 Å². The zero-order chi connectivity index (χ0) is 11.5. The first-order chi connectivity index (χ1) is 7.68. The van der Waals surface area contributed by atoms with Gasteiger partial charge in [0.1, 0.15) is 0 Å². The molecule has 1 N–H and O–H groups in total. The summed E-state index contributed by atoms with van der Waals surface area (Å²) in [5, 5.41) is 10.0. The van der Waals surface area contributed by atoms with E-state index < -0.39 is 0 Å². The third-order valence-corrected chi connectivity index (χ3v) is 3.00. The Kier molecular flexibility index (Phi) is 3.30. The lowest BCUT2D eigenvalue weighted by molar-refractivity contribution is 0.168. The molecule has 1 atom stereocenters. The lowest BCUT2D eigenvalue weighted by atomic mass is 10.0. The van der Waals surface area contributed by atoms with Gasteiger partial charge in [0.2, 0.25) is 0 Å². The van der Waals surface area contributed by atoms with Crippen molar-refractivity contribution >= 4 is 5.69 Å². The third-order valence-electron chi connectivity index (χ3n) is 3.00. The van der Waals surface area contributed by atoms with E-state index in [-0.39, 0.29) is 6.10 Å². The van der Waals surface area contributed by atoms with Crippen molar-refractivity contribution in [3.8, 4) is 0 Å². The SMILES string of the molecule is C=C(C)CN1CCCC(O)c2ccccc21. The first-order valence-electron chi connectivity index (χ1n) is 5.85. The second-order valence-electron chi connectivity index (χ2n) is 4.60. The second-order valence-corrected chi connectivity index (χ2v) is 4.60. The van der Waals surface area contributed by atoms with Gasteiger partial charge in [0, 0.05) is 24.3 Å². The van der Waals surface area contributed by atoms with E-state index in [0.29, 0.717) is 0 Å². The first-order valence-corrected chi connectivity index (χ1v) is 5.85. The van der Waals surface area contributed by atoms with Crippen LogP contribution in [0.1, 0.15) is 31.4 Å². The standard InChI is InChI=1S/C14H19NO/c1-11(2)10-15-9-5-8-14(16)12-6-3-4-7-13(12)15/h3-4,6-7,14,16H,1,5,8-10H2,2H3. The Morgan fingerprint density at radius 2 is 2.25 bits per heavy atom. The van der Waals surface area contributed by atoms with E-state index in [9.17, 15) is 5.11 Å². The number of rotatable bonds is 2. The largest absolute Gasteiger partial charge is 0.388 e. The summed E-state index contributed by atoms with van der Waals surface area (Å²) in [6, 6.07) is 8.14. The Morgan fingerprint density at radius 3 is 3.00 bits per heavy atom. The van der Waals surface area contributed by atoms with Gasteiger partial charge >= 0.3 is 0 Å². The fraction of sp³-hybridized carbons (Fsp3) is 0.429. The highest BCUT2D eigenvalue weighted by Gasteiger charge is 2.20. The summed E-state index contributed by atoms with van der Waals surface area (Å²) in [7, 11) is 0. The molecule has 1 heterocycles. The molecule has 1 unspecified atom stereocenters. The third kappa shape index (κ3) is 2.27. The molecule has 0 amide bonds. The van der Waals surface area contributed by atoms with Crippen LogP contribution in [0.5, 0.6) is 0 Å². The van der Waals surface area contributed by atoms with Crippen LogP contribution in [-0.2, 0) is 0 Å². The minimum absolute atomic E-state index is 0.314. The Hall–Kier alpha value is -1.28. The molecule has 0 fully saturated rings. The maximum absolute atomic E-state index is 10.0. The molecule has 1 aromatic carbocycles. The van der Waals surface area contributed by atoms with Crippen molar-refractivity contribution in [2.45, 2.75) is 25.9 Å². The highest BCUT2D eigenvalue weighted by Crippen LogP contribution is 2.32. The van der Waals surface area contributed by atoms with Crippen molar-refractivity contribution in [2.75, 3.05) is 18.0 Å². The monoisotopic (exact) mass is 217 g/mol. The van der Waals surface area contributed by atoms with E-state index in [4.69, 9.17) is 0 Å². The van der Waals surface area contributed by atoms with Gasteiger partial charge in [0.05, 0.1) is 6.10 Å². The Labute approximate surface area is 97.2 Å². The van der Waals surface area contributed by atoms with Crippen molar-refractivity contribution < 1.29 is 5.11 Å². The molecule has 2 rings (SSSR count). The van der Waals surface area contributed by atoms with Crippen LogP contribution in [-0.4, -0.2) is 18.2 Å². The lowest BCUT2D eigenvalue weighted by Crippen LogP contribution is -2.25. The van der Waals surface area contributed by atoms with Crippen molar-refractivity contribution in [2.24, 2.45) is 0 Å². The molecule has 16 heavy (non-hydrogen) atoms. The van der Waals surface area contributed by atoms with Crippen LogP contribution in [0.2, 0.25) is 0 Å². The molecule has 0 bridgehead atoms. The number of hydrogen-bond acceptors (Lipinski definition) is 2. The molecule has 0 radical (unpaired) electrons. The Bertz CT molecular complexity index is 386. The van der Waals surface area contributed by atoms with Crippen LogP contribution in [0.25, 0.3) is 0 Å². The zero-order valence-electron chi connectivity index (χ0n) is 9.82. The van der Waals surface area contributed by atoms with Gasteiger partial charge in [-0.15, -0.1) is 0 Å². The van der Waals surface area contributed by atoms with Gasteiger partial charge in [-0.2, -0.15) is 0 Å². The predicted molar refractivity (Wildman–Crippen MR) is 67.7 cm³/mol. The second kappa shape index (κ2) is 4.71. The van der Waals surface area contributed by atoms with Gasteiger partial charge in [0.15, 0.2) is 0 Å². The molecule has 1 aliphatic heterocycles. The van der Waals surface area contributed by atoms with E-state index in [2.05, 4.69) is 17.5 Å². The zero-order valence-corrected chi connectivity index (χ0v) is 9.82. The molecule has 0 aliphatic carbocycles. The molecular weight excluding hydrogens is 198 g/mol. The average molecular weight is 217 g/mol. The average Bonchev–Trinajstić information content (AvgIpc) is 2.40. The number of fused-ring (bicyclic) bond motifs is 1. The summed E-state index contributed by atoms with van der Waals surface area (Å²) in [4.78, 5) is 2.31. The molecule has 2 nitrogen and oxygen atoms in total. The van der Waals surface area contributed by atoms with E-state index in [1.165, 1.54) is 0 Å².